The van der Waals surface area contributed by atoms with Gasteiger partial charge in [0.15, 0.2) is 0 Å². The topological polar surface area (TPSA) is 87.7 Å². The average molecular weight is 347 g/mol. The highest BCUT2D eigenvalue weighted by atomic mass is 32.2. The molecule has 0 unspecified atom stereocenters. The first-order chi connectivity index (χ1) is 10.2. The standard InChI is InChI=1S/C13H21N3O4S2/c1-15(13-4-3-7-14-10-13)22(19,20)11-12-5-8-16(9-6-12)21(2,17)18/h3-4,7,10,12H,5-6,8-9,11H2,1-2H3. The Hall–Kier alpha value is -1.19. The maximum Gasteiger partial charge on any atom is 0.235 e. The summed E-state index contributed by atoms with van der Waals surface area (Å²) in [5.41, 5.74) is 0.524. The van der Waals surface area contributed by atoms with Gasteiger partial charge in [-0.2, -0.15) is 0 Å². The number of piperidine rings is 1. The van der Waals surface area contributed by atoms with Crippen LogP contribution in [0, 0.1) is 5.92 Å². The predicted molar refractivity (Wildman–Crippen MR) is 85.6 cm³/mol. The molecule has 124 valence electrons. The Kier molecular flexibility index (Phi) is 5.08. The second-order valence-electron chi connectivity index (χ2n) is 5.56. The molecule has 7 nitrogen and oxygen atoms in total. The molecule has 1 aromatic rings. The van der Waals surface area contributed by atoms with Gasteiger partial charge in [-0.15, -0.1) is 0 Å². The second kappa shape index (κ2) is 6.51. The highest BCUT2D eigenvalue weighted by molar-refractivity contribution is 7.92. The lowest BCUT2D eigenvalue weighted by molar-refractivity contribution is 0.290. The molecule has 0 aromatic carbocycles. The highest BCUT2D eigenvalue weighted by Gasteiger charge is 2.29. The maximum atomic E-state index is 12.4. The molecule has 1 aliphatic heterocycles. The summed E-state index contributed by atoms with van der Waals surface area (Å²) < 4.78 is 50.5. The SMILES string of the molecule is CN(c1cccnc1)S(=O)(=O)CC1CCN(S(C)(=O)=O)CC1. The molecule has 1 aliphatic rings. The van der Waals surface area contributed by atoms with E-state index in [-0.39, 0.29) is 11.7 Å². The Morgan fingerprint density at radius 3 is 2.41 bits per heavy atom. The van der Waals surface area contributed by atoms with Gasteiger partial charge in [0.25, 0.3) is 0 Å². The van der Waals surface area contributed by atoms with Crippen LogP contribution in [0.4, 0.5) is 5.69 Å². The monoisotopic (exact) mass is 347 g/mol. The fourth-order valence-electron chi connectivity index (χ4n) is 2.52. The zero-order valence-electron chi connectivity index (χ0n) is 12.7. The number of hydrogen-bond acceptors (Lipinski definition) is 5. The number of hydrogen-bond donors (Lipinski definition) is 0. The molecule has 2 rings (SSSR count). The zero-order chi connectivity index (χ0) is 16.4. The number of aromatic nitrogens is 1. The molecule has 1 saturated heterocycles. The summed E-state index contributed by atoms with van der Waals surface area (Å²) in [5, 5.41) is 0. The predicted octanol–water partition coefficient (Wildman–Crippen LogP) is 0.519. The van der Waals surface area contributed by atoms with Crippen LogP contribution >= 0.6 is 0 Å². The van der Waals surface area contributed by atoms with E-state index in [9.17, 15) is 16.8 Å². The smallest absolute Gasteiger partial charge is 0.235 e. The molecule has 0 atom stereocenters. The lowest BCUT2D eigenvalue weighted by Crippen LogP contribution is -2.41. The van der Waals surface area contributed by atoms with Gasteiger partial charge in [-0.3, -0.25) is 9.29 Å². The van der Waals surface area contributed by atoms with Crippen LogP contribution in [0.15, 0.2) is 24.5 Å². The van der Waals surface area contributed by atoms with Gasteiger partial charge in [0.2, 0.25) is 20.0 Å². The van der Waals surface area contributed by atoms with Crippen LogP contribution in [-0.4, -0.2) is 58.3 Å². The van der Waals surface area contributed by atoms with Gasteiger partial charge >= 0.3 is 0 Å². The molecular formula is C13H21N3O4S2. The maximum absolute atomic E-state index is 12.4. The summed E-state index contributed by atoms with van der Waals surface area (Å²) in [6.45, 7) is 0.769. The van der Waals surface area contributed by atoms with Crippen molar-refractivity contribution in [3.63, 3.8) is 0 Å². The number of sulfonamides is 2. The van der Waals surface area contributed by atoms with Crippen LogP contribution in [0.2, 0.25) is 0 Å². The third-order valence-electron chi connectivity index (χ3n) is 3.92. The lowest BCUT2D eigenvalue weighted by atomic mass is 10.0. The third-order valence-corrected chi connectivity index (χ3v) is 7.16. The average Bonchev–Trinajstić information content (AvgIpc) is 2.46. The Morgan fingerprint density at radius 2 is 1.91 bits per heavy atom. The number of pyridine rings is 1. The molecule has 9 heteroatoms. The van der Waals surface area contributed by atoms with Crippen molar-refractivity contribution in [2.45, 2.75) is 12.8 Å². The van der Waals surface area contributed by atoms with Crippen molar-refractivity contribution in [3.8, 4) is 0 Å². The van der Waals surface area contributed by atoms with Crippen LogP contribution < -0.4 is 4.31 Å². The molecule has 0 bridgehead atoms. The second-order valence-corrected chi connectivity index (χ2v) is 9.59. The van der Waals surface area contributed by atoms with Crippen molar-refractivity contribution in [1.82, 2.24) is 9.29 Å². The number of anilines is 1. The summed E-state index contributed by atoms with van der Waals surface area (Å²) in [7, 11) is -5.12. The first-order valence-electron chi connectivity index (χ1n) is 7.02. The van der Waals surface area contributed by atoms with Crippen molar-refractivity contribution in [2.24, 2.45) is 5.92 Å². The van der Waals surface area contributed by atoms with Crippen molar-refractivity contribution >= 4 is 25.7 Å². The molecule has 22 heavy (non-hydrogen) atoms. The van der Waals surface area contributed by atoms with Crippen LogP contribution in [0.25, 0.3) is 0 Å². The Labute approximate surface area is 132 Å². The van der Waals surface area contributed by atoms with Gasteiger partial charge < -0.3 is 0 Å². The Morgan fingerprint density at radius 1 is 1.27 bits per heavy atom. The molecule has 0 N–H and O–H groups in total. The minimum atomic E-state index is -3.44. The van der Waals surface area contributed by atoms with Crippen LogP contribution in [0.3, 0.4) is 0 Å². The fraction of sp³-hybridized carbons (Fsp3) is 0.615. The number of rotatable bonds is 5. The highest BCUT2D eigenvalue weighted by Crippen LogP contribution is 2.23. The van der Waals surface area contributed by atoms with Gasteiger partial charge in [0.1, 0.15) is 0 Å². The summed E-state index contributed by atoms with van der Waals surface area (Å²) in [6, 6.07) is 3.38. The molecule has 0 radical (unpaired) electrons. The van der Waals surface area contributed by atoms with E-state index >= 15 is 0 Å². The van der Waals surface area contributed by atoms with Crippen molar-refractivity contribution in [1.29, 1.82) is 0 Å². The van der Waals surface area contributed by atoms with Crippen LogP contribution in [0.5, 0.6) is 0 Å². The fourth-order valence-corrected chi connectivity index (χ4v) is 4.97. The Bertz CT molecular complexity index is 696. The summed E-state index contributed by atoms with van der Waals surface area (Å²) >= 11 is 0. The lowest BCUT2D eigenvalue weighted by Gasteiger charge is -2.31. The van der Waals surface area contributed by atoms with Crippen LogP contribution in [0.1, 0.15) is 12.8 Å². The van der Waals surface area contributed by atoms with Gasteiger partial charge in [-0.25, -0.2) is 21.1 Å². The molecular weight excluding hydrogens is 326 g/mol. The summed E-state index contributed by atoms with van der Waals surface area (Å²) in [4.78, 5) is 3.92. The van der Waals surface area contributed by atoms with E-state index in [4.69, 9.17) is 0 Å². The van der Waals surface area contributed by atoms with Crippen molar-refractivity contribution in [2.75, 3.05) is 36.5 Å². The first kappa shape index (κ1) is 17.2. The van der Waals surface area contributed by atoms with E-state index in [0.29, 0.717) is 31.6 Å². The van der Waals surface area contributed by atoms with E-state index < -0.39 is 20.0 Å². The normalized spacial score (nSPS) is 18.3. The molecule has 2 heterocycles. The molecule has 0 aliphatic carbocycles. The molecule has 0 spiro atoms. The molecule has 0 saturated carbocycles. The van der Waals surface area contributed by atoms with Gasteiger partial charge in [0.05, 0.1) is 23.9 Å². The van der Waals surface area contributed by atoms with Gasteiger partial charge in [0, 0.05) is 26.3 Å². The van der Waals surface area contributed by atoms with E-state index in [0.717, 1.165) is 0 Å². The van der Waals surface area contributed by atoms with Gasteiger partial charge in [-0.05, 0) is 30.9 Å². The molecule has 1 fully saturated rings. The van der Waals surface area contributed by atoms with E-state index in [1.165, 1.54) is 28.1 Å². The van der Waals surface area contributed by atoms with E-state index in [1.807, 2.05) is 0 Å². The Balaban J connectivity index is 1.99. The van der Waals surface area contributed by atoms with Crippen LogP contribution in [-0.2, 0) is 20.0 Å². The summed E-state index contributed by atoms with van der Waals surface area (Å²) in [5.74, 6) is -0.00201. The van der Waals surface area contributed by atoms with E-state index in [1.54, 1.807) is 18.3 Å². The summed E-state index contributed by atoms with van der Waals surface area (Å²) in [6.07, 6.45) is 5.40. The zero-order valence-corrected chi connectivity index (χ0v) is 14.3. The van der Waals surface area contributed by atoms with Gasteiger partial charge in [-0.1, -0.05) is 0 Å². The van der Waals surface area contributed by atoms with E-state index in [2.05, 4.69) is 4.98 Å². The quantitative estimate of drug-likeness (QED) is 0.775. The third kappa shape index (κ3) is 4.17. The first-order valence-corrected chi connectivity index (χ1v) is 10.5. The largest absolute Gasteiger partial charge is 0.272 e. The molecule has 0 amide bonds. The van der Waals surface area contributed by atoms with Crippen molar-refractivity contribution in [3.05, 3.63) is 24.5 Å². The number of nitrogens with zero attached hydrogens (tertiary/aromatic N) is 3. The minimum Gasteiger partial charge on any atom is -0.272 e. The minimum absolute atomic E-state index is 0.0238. The van der Waals surface area contributed by atoms with Crippen molar-refractivity contribution < 1.29 is 16.8 Å². The molecule has 1 aromatic heterocycles.